The first-order chi connectivity index (χ1) is 9.96. The Balaban J connectivity index is 2.60. The summed E-state index contributed by atoms with van der Waals surface area (Å²) in [6.07, 6.45) is 4.76. The molecule has 1 aromatic carbocycles. The summed E-state index contributed by atoms with van der Waals surface area (Å²) in [4.78, 5) is 11.8. The van der Waals surface area contributed by atoms with Crippen molar-refractivity contribution in [1.29, 1.82) is 0 Å². The fraction of sp³-hybridized carbons (Fsp3) is 0.438. The number of hydrogen-bond donors (Lipinski definition) is 2. The van der Waals surface area contributed by atoms with E-state index in [1.165, 1.54) is 6.08 Å². The molecule has 0 saturated carbocycles. The number of amides is 1. The van der Waals surface area contributed by atoms with Crippen LogP contribution in [0.2, 0.25) is 10.0 Å². The van der Waals surface area contributed by atoms with E-state index in [2.05, 4.69) is 5.32 Å². The van der Waals surface area contributed by atoms with Crippen LogP contribution >= 0.6 is 23.2 Å². The number of halogens is 2. The SMILES string of the molecule is CCC(CC)(CO)CNC(=O)/C=C/c1ccc(Cl)c(Cl)c1. The second-order valence-electron chi connectivity index (χ2n) is 5.09. The van der Waals surface area contributed by atoms with E-state index < -0.39 is 0 Å². The van der Waals surface area contributed by atoms with Gasteiger partial charge in [-0.25, -0.2) is 0 Å². The third-order valence-corrected chi connectivity index (χ3v) is 4.58. The van der Waals surface area contributed by atoms with E-state index in [9.17, 15) is 9.90 Å². The number of nitrogens with one attached hydrogen (secondary N) is 1. The first kappa shape index (κ1) is 18.0. The van der Waals surface area contributed by atoms with E-state index in [-0.39, 0.29) is 17.9 Å². The summed E-state index contributed by atoms with van der Waals surface area (Å²) in [7, 11) is 0. The van der Waals surface area contributed by atoms with Crippen LogP contribution in [0.3, 0.4) is 0 Å². The fourth-order valence-electron chi connectivity index (χ4n) is 1.90. The van der Waals surface area contributed by atoms with Gasteiger partial charge in [0.15, 0.2) is 0 Å². The third-order valence-electron chi connectivity index (χ3n) is 3.84. The molecule has 0 bridgehead atoms. The number of aliphatic hydroxyl groups is 1. The molecule has 21 heavy (non-hydrogen) atoms. The molecular formula is C16H21Cl2NO2. The van der Waals surface area contributed by atoms with Gasteiger partial charge in [-0.15, -0.1) is 0 Å². The second kappa shape index (κ2) is 8.42. The van der Waals surface area contributed by atoms with Crippen molar-refractivity contribution < 1.29 is 9.90 Å². The van der Waals surface area contributed by atoms with Crippen molar-refractivity contribution in [2.24, 2.45) is 5.41 Å². The molecule has 0 unspecified atom stereocenters. The highest BCUT2D eigenvalue weighted by Gasteiger charge is 2.25. The smallest absolute Gasteiger partial charge is 0.244 e. The predicted octanol–water partition coefficient (Wildman–Crippen LogP) is 3.92. The Morgan fingerprint density at radius 1 is 1.29 bits per heavy atom. The van der Waals surface area contributed by atoms with Crippen LogP contribution in [0, 0.1) is 5.41 Å². The van der Waals surface area contributed by atoms with Gasteiger partial charge in [-0.1, -0.05) is 43.1 Å². The molecule has 0 aliphatic heterocycles. The predicted molar refractivity (Wildman–Crippen MR) is 88.6 cm³/mol. The van der Waals surface area contributed by atoms with Crippen molar-refractivity contribution in [2.45, 2.75) is 26.7 Å². The molecule has 0 aliphatic rings. The van der Waals surface area contributed by atoms with Gasteiger partial charge in [-0.2, -0.15) is 0 Å². The van der Waals surface area contributed by atoms with E-state index in [0.717, 1.165) is 18.4 Å². The molecule has 116 valence electrons. The van der Waals surface area contributed by atoms with Crippen LogP contribution in [-0.4, -0.2) is 24.2 Å². The Kier molecular flexibility index (Phi) is 7.23. The number of hydrogen-bond acceptors (Lipinski definition) is 2. The molecule has 0 saturated heterocycles. The van der Waals surface area contributed by atoms with Crippen molar-refractivity contribution in [1.82, 2.24) is 5.32 Å². The molecule has 0 aromatic heterocycles. The number of rotatable bonds is 7. The first-order valence-corrected chi connectivity index (χ1v) is 7.73. The Bertz CT molecular complexity index is 503. The van der Waals surface area contributed by atoms with Gasteiger partial charge in [-0.05, 0) is 36.6 Å². The summed E-state index contributed by atoms with van der Waals surface area (Å²) in [5, 5.41) is 13.2. The molecular weight excluding hydrogens is 309 g/mol. The van der Waals surface area contributed by atoms with Gasteiger partial charge in [-0.3, -0.25) is 4.79 Å². The first-order valence-electron chi connectivity index (χ1n) is 6.98. The topological polar surface area (TPSA) is 49.3 Å². The summed E-state index contributed by atoms with van der Waals surface area (Å²) in [5.74, 6) is -0.194. The lowest BCUT2D eigenvalue weighted by Gasteiger charge is -2.29. The molecule has 1 amide bonds. The average Bonchev–Trinajstić information content (AvgIpc) is 2.50. The normalized spacial score (nSPS) is 11.9. The minimum Gasteiger partial charge on any atom is -0.396 e. The van der Waals surface area contributed by atoms with Crippen LogP contribution in [-0.2, 0) is 4.79 Å². The highest BCUT2D eigenvalue weighted by Crippen LogP contribution is 2.24. The van der Waals surface area contributed by atoms with Gasteiger partial charge in [0.1, 0.15) is 0 Å². The summed E-state index contributed by atoms with van der Waals surface area (Å²) in [6, 6.07) is 5.17. The van der Waals surface area contributed by atoms with Crippen molar-refractivity contribution in [3.8, 4) is 0 Å². The molecule has 0 aliphatic carbocycles. The van der Waals surface area contributed by atoms with E-state index in [4.69, 9.17) is 23.2 Å². The zero-order valence-corrected chi connectivity index (χ0v) is 13.8. The van der Waals surface area contributed by atoms with Gasteiger partial charge in [0.25, 0.3) is 0 Å². The van der Waals surface area contributed by atoms with E-state index in [0.29, 0.717) is 16.6 Å². The van der Waals surface area contributed by atoms with Crippen LogP contribution in [0.15, 0.2) is 24.3 Å². The van der Waals surface area contributed by atoms with Crippen LogP contribution in [0.25, 0.3) is 6.08 Å². The van der Waals surface area contributed by atoms with Crippen molar-refractivity contribution in [3.63, 3.8) is 0 Å². The monoisotopic (exact) mass is 329 g/mol. The van der Waals surface area contributed by atoms with E-state index in [1.54, 1.807) is 24.3 Å². The van der Waals surface area contributed by atoms with Crippen molar-refractivity contribution >= 4 is 35.2 Å². The fourth-order valence-corrected chi connectivity index (χ4v) is 2.21. The number of carbonyl (C=O) groups excluding carboxylic acids is 1. The molecule has 2 N–H and O–H groups in total. The van der Waals surface area contributed by atoms with Crippen LogP contribution in [0.5, 0.6) is 0 Å². The number of benzene rings is 1. The lowest BCUT2D eigenvalue weighted by Crippen LogP contribution is -2.38. The summed E-state index contributed by atoms with van der Waals surface area (Å²) >= 11 is 11.7. The molecule has 1 aromatic rings. The van der Waals surface area contributed by atoms with E-state index in [1.807, 2.05) is 13.8 Å². The summed E-state index contributed by atoms with van der Waals surface area (Å²) < 4.78 is 0. The molecule has 3 nitrogen and oxygen atoms in total. The molecule has 0 spiro atoms. The zero-order valence-electron chi connectivity index (χ0n) is 12.3. The lowest BCUT2D eigenvalue weighted by molar-refractivity contribution is -0.117. The van der Waals surface area contributed by atoms with Gasteiger partial charge < -0.3 is 10.4 Å². The Morgan fingerprint density at radius 2 is 1.95 bits per heavy atom. The molecule has 1 rings (SSSR count). The molecule has 0 atom stereocenters. The lowest BCUT2D eigenvalue weighted by atomic mass is 9.83. The molecule has 5 heteroatoms. The van der Waals surface area contributed by atoms with Gasteiger partial charge in [0, 0.05) is 18.0 Å². The van der Waals surface area contributed by atoms with Crippen LogP contribution < -0.4 is 5.32 Å². The summed E-state index contributed by atoms with van der Waals surface area (Å²) in [5.41, 5.74) is 0.562. The maximum absolute atomic E-state index is 11.8. The highest BCUT2D eigenvalue weighted by molar-refractivity contribution is 6.42. The van der Waals surface area contributed by atoms with Crippen LogP contribution in [0.1, 0.15) is 32.3 Å². The van der Waals surface area contributed by atoms with E-state index >= 15 is 0 Å². The molecule has 0 heterocycles. The van der Waals surface area contributed by atoms with Crippen LogP contribution in [0.4, 0.5) is 0 Å². The largest absolute Gasteiger partial charge is 0.396 e. The third kappa shape index (κ3) is 5.34. The van der Waals surface area contributed by atoms with Crippen molar-refractivity contribution in [3.05, 3.63) is 39.9 Å². The quantitative estimate of drug-likeness (QED) is 0.745. The maximum Gasteiger partial charge on any atom is 0.244 e. The standard InChI is InChI=1S/C16H21Cl2NO2/c1-3-16(4-2,11-20)10-19-15(21)8-6-12-5-7-13(17)14(18)9-12/h5-9,20H,3-4,10-11H2,1-2H3,(H,19,21)/b8-6+. The summed E-state index contributed by atoms with van der Waals surface area (Å²) in [6.45, 7) is 4.55. The zero-order chi connectivity index (χ0) is 15.9. The number of aliphatic hydroxyl groups excluding tert-OH is 1. The molecule has 0 radical (unpaired) electrons. The minimum absolute atomic E-state index is 0.0663. The van der Waals surface area contributed by atoms with Gasteiger partial charge in [0.05, 0.1) is 16.7 Å². The number of carbonyl (C=O) groups is 1. The van der Waals surface area contributed by atoms with Gasteiger partial charge in [0.2, 0.25) is 5.91 Å². The minimum atomic E-state index is -0.243. The Hall–Kier alpha value is -1.03. The molecule has 0 fully saturated rings. The maximum atomic E-state index is 11.8. The Morgan fingerprint density at radius 3 is 2.48 bits per heavy atom. The Labute approximate surface area is 136 Å². The van der Waals surface area contributed by atoms with Gasteiger partial charge >= 0.3 is 0 Å². The van der Waals surface area contributed by atoms with Crippen molar-refractivity contribution in [2.75, 3.05) is 13.2 Å². The average molecular weight is 330 g/mol. The highest BCUT2D eigenvalue weighted by atomic mass is 35.5. The second-order valence-corrected chi connectivity index (χ2v) is 5.90.